The van der Waals surface area contributed by atoms with Crippen molar-refractivity contribution in [2.24, 2.45) is 0 Å². The van der Waals surface area contributed by atoms with Gasteiger partial charge in [-0.2, -0.15) is 0 Å². The van der Waals surface area contributed by atoms with E-state index < -0.39 is 28.5 Å². The number of ether oxygens (including phenoxy) is 1. The van der Waals surface area contributed by atoms with E-state index in [0.29, 0.717) is 17.1 Å². The number of rotatable bonds is 11. The van der Waals surface area contributed by atoms with E-state index in [1.807, 2.05) is 6.92 Å². The summed E-state index contributed by atoms with van der Waals surface area (Å²) in [6.45, 7) is 4.92. The van der Waals surface area contributed by atoms with Crippen LogP contribution in [0.1, 0.15) is 25.0 Å². The van der Waals surface area contributed by atoms with Crippen LogP contribution in [0.4, 0.5) is 5.69 Å². The molecule has 3 aromatic carbocycles. The van der Waals surface area contributed by atoms with E-state index >= 15 is 0 Å². The maximum absolute atomic E-state index is 14.0. The standard InChI is InChI=1S/C28H31Cl2N3O5S/c1-5-31-28(35)20(3)32(17-21-8-6-7-9-24(21)30)27(34)18-33(25-16-22(29)12-15-26(25)38-4)39(36,37)23-13-10-19(2)11-14-23/h6-16,20H,5,17-18H2,1-4H3,(H,31,35)/t20-/m1/s1. The number of hydrogen-bond donors (Lipinski definition) is 1. The summed E-state index contributed by atoms with van der Waals surface area (Å²) in [7, 11) is -2.87. The molecule has 0 aliphatic carbocycles. The Morgan fingerprint density at radius 1 is 1.03 bits per heavy atom. The van der Waals surface area contributed by atoms with E-state index in [-0.39, 0.29) is 33.8 Å². The quantitative estimate of drug-likeness (QED) is 0.336. The van der Waals surface area contributed by atoms with E-state index in [0.717, 1.165) is 9.87 Å². The molecule has 39 heavy (non-hydrogen) atoms. The molecule has 0 radical (unpaired) electrons. The number of carbonyl (C=O) groups is 2. The number of amides is 2. The molecular weight excluding hydrogens is 561 g/mol. The Kier molecular flexibility index (Phi) is 10.2. The zero-order valence-corrected chi connectivity index (χ0v) is 24.5. The molecule has 3 aromatic rings. The first-order valence-electron chi connectivity index (χ1n) is 12.2. The highest BCUT2D eigenvalue weighted by atomic mass is 35.5. The van der Waals surface area contributed by atoms with Crippen LogP contribution < -0.4 is 14.4 Å². The lowest BCUT2D eigenvalue weighted by Crippen LogP contribution is -2.51. The molecule has 0 aliphatic rings. The molecule has 0 aliphatic heterocycles. The zero-order valence-electron chi connectivity index (χ0n) is 22.1. The predicted octanol–water partition coefficient (Wildman–Crippen LogP) is 5.06. The summed E-state index contributed by atoms with van der Waals surface area (Å²) in [4.78, 5) is 28.0. The van der Waals surface area contributed by atoms with Crippen molar-refractivity contribution in [1.29, 1.82) is 0 Å². The number of hydrogen-bond acceptors (Lipinski definition) is 5. The van der Waals surface area contributed by atoms with Crippen LogP contribution >= 0.6 is 23.2 Å². The van der Waals surface area contributed by atoms with Crippen molar-refractivity contribution in [2.45, 2.75) is 38.3 Å². The van der Waals surface area contributed by atoms with Gasteiger partial charge in [-0.3, -0.25) is 13.9 Å². The van der Waals surface area contributed by atoms with Gasteiger partial charge in [0.05, 0.1) is 17.7 Å². The molecule has 0 unspecified atom stereocenters. The van der Waals surface area contributed by atoms with Gasteiger partial charge in [0.15, 0.2) is 0 Å². The van der Waals surface area contributed by atoms with Crippen molar-refractivity contribution in [3.05, 3.63) is 87.9 Å². The van der Waals surface area contributed by atoms with Crippen LogP contribution in [-0.4, -0.2) is 51.4 Å². The number of nitrogens with zero attached hydrogens (tertiary/aromatic N) is 2. The van der Waals surface area contributed by atoms with Gasteiger partial charge in [-0.05, 0) is 62.7 Å². The van der Waals surface area contributed by atoms with Gasteiger partial charge in [-0.1, -0.05) is 59.1 Å². The smallest absolute Gasteiger partial charge is 0.264 e. The first-order chi connectivity index (χ1) is 18.5. The Morgan fingerprint density at radius 3 is 2.31 bits per heavy atom. The number of methoxy groups -OCH3 is 1. The molecule has 1 atom stereocenters. The summed E-state index contributed by atoms with van der Waals surface area (Å²) in [5.74, 6) is -0.796. The average Bonchev–Trinajstić information content (AvgIpc) is 2.91. The van der Waals surface area contributed by atoms with Crippen LogP contribution in [0, 0.1) is 6.92 Å². The minimum atomic E-state index is -4.27. The molecule has 0 spiro atoms. The fourth-order valence-corrected chi connectivity index (χ4v) is 5.70. The van der Waals surface area contributed by atoms with Gasteiger partial charge in [0.2, 0.25) is 11.8 Å². The summed E-state index contributed by atoms with van der Waals surface area (Å²) in [5.41, 5.74) is 1.57. The Hall–Kier alpha value is -3.27. The molecule has 11 heteroatoms. The maximum atomic E-state index is 14.0. The average molecular weight is 593 g/mol. The molecule has 8 nitrogen and oxygen atoms in total. The molecule has 2 amide bonds. The Balaban J connectivity index is 2.11. The molecule has 0 heterocycles. The van der Waals surface area contributed by atoms with E-state index in [9.17, 15) is 18.0 Å². The Bertz CT molecular complexity index is 1430. The third kappa shape index (κ3) is 7.23. The Labute approximate surface area is 239 Å². The number of benzene rings is 3. The van der Waals surface area contributed by atoms with Gasteiger partial charge >= 0.3 is 0 Å². The number of likely N-dealkylation sites (N-methyl/N-ethyl adjacent to an activating group) is 1. The SMILES string of the molecule is CCNC(=O)[C@@H](C)N(Cc1ccccc1Cl)C(=O)CN(c1cc(Cl)ccc1OC)S(=O)(=O)c1ccc(C)cc1. The van der Waals surface area contributed by atoms with E-state index in [2.05, 4.69) is 5.32 Å². The highest BCUT2D eigenvalue weighted by Gasteiger charge is 2.34. The van der Waals surface area contributed by atoms with Crippen molar-refractivity contribution in [3.63, 3.8) is 0 Å². The van der Waals surface area contributed by atoms with Crippen molar-refractivity contribution in [2.75, 3.05) is 24.5 Å². The Morgan fingerprint density at radius 2 is 1.69 bits per heavy atom. The van der Waals surface area contributed by atoms with Crippen LogP contribution in [-0.2, 0) is 26.2 Å². The minimum Gasteiger partial charge on any atom is -0.495 e. The highest BCUT2D eigenvalue weighted by Crippen LogP contribution is 2.35. The number of nitrogens with one attached hydrogen (secondary N) is 1. The fourth-order valence-electron chi connectivity index (χ4n) is 3.92. The molecule has 1 N–H and O–H groups in total. The van der Waals surface area contributed by atoms with Crippen LogP contribution in [0.5, 0.6) is 5.75 Å². The first-order valence-corrected chi connectivity index (χ1v) is 14.4. The van der Waals surface area contributed by atoms with E-state index in [1.165, 1.54) is 36.3 Å². The number of carbonyl (C=O) groups excluding carboxylic acids is 2. The monoisotopic (exact) mass is 591 g/mol. The largest absolute Gasteiger partial charge is 0.495 e. The molecular formula is C28H31Cl2N3O5S. The van der Waals surface area contributed by atoms with Gasteiger partial charge in [-0.25, -0.2) is 8.42 Å². The van der Waals surface area contributed by atoms with Crippen molar-refractivity contribution < 1.29 is 22.7 Å². The summed E-state index contributed by atoms with van der Waals surface area (Å²) < 4.78 is 34.3. The van der Waals surface area contributed by atoms with Gasteiger partial charge in [0.1, 0.15) is 18.3 Å². The zero-order chi connectivity index (χ0) is 28.7. The summed E-state index contributed by atoms with van der Waals surface area (Å²) >= 11 is 12.6. The number of sulfonamides is 1. The molecule has 0 aromatic heterocycles. The van der Waals surface area contributed by atoms with Crippen molar-refractivity contribution in [3.8, 4) is 5.75 Å². The number of halogens is 2. The van der Waals surface area contributed by atoms with Crippen molar-refractivity contribution >= 4 is 50.7 Å². The van der Waals surface area contributed by atoms with Crippen LogP contribution in [0.2, 0.25) is 10.0 Å². The third-order valence-electron chi connectivity index (χ3n) is 6.11. The molecule has 208 valence electrons. The third-order valence-corrected chi connectivity index (χ3v) is 8.49. The molecule has 0 fully saturated rings. The van der Waals surface area contributed by atoms with E-state index in [4.69, 9.17) is 27.9 Å². The lowest BCUT2D eigenvalue weighted by Gasteiger charge is -2.32. The molecule has 0 saturated heterocycles. The molecule has 0 saturated carbocycles. The van der Waals surface area contributed by atoms with Gasteiger partial charge < -0.3 is 15.0 Å². The van der Waals surface area contributed by atoms with E-state index in [1.54, 1.807) is 56.3 Å². The second-order valence-corrected chi connectivity index (χ2v) is 11.5. The van der Waals surface area contributed by atoms with Crippen LogP contribution in [0.15, 0.2) is 71.6 Å². The van der Waals surface area contributed by atoms with Crippen LogP contribution in [0.3, 0.4) is 0 Å². The minimum absolute atomic E-state index is 0.0120. The van der Waals surface area contributed by atoms with Crippen molar-refractivity contribution in [1.82, 2.24) is 10.2 Å². The lowest BCUT2D eigenvalue weighted by molar-refractivity contribution is -0.139. The summed E-state index contributed by atoms with van der Waals surface area (Å²) in [5, 5.41) is 3.39. The van der Waals surface area contributed by atoms with Gasteiger partial charge in [-0.15, -0.1) is 0 Å². The highest BCUT2D eigenvalue weighted by molar-refractivity contribution is 7.92. The number of anilines is 1. The van der Waals surface area contributed by atoms with Gasteiger partial charge in [0, 0.05) is 23.1 Å². The molecule has 0 bridgehead atoms. The maximum Gasteiger partial charge on any atom is 0.264 e. The first kappa shape index (κ1) is 30.3. The second kappa shape index (κ2) is 13.2. The predicted molar refractivity (Wildman–Crippen MR) is 154 cm³/mol. The fraction of sp³-hybridized carbons (Fsp3) is 0.286. The van der Waals surface area contributed by atoms with Crippen LogP contribution in [0.25, 0.3) is 0 Å². The molecule has 3 rings (SSSR count). The summed E-state index contributed by atoms with van der Waals surface area (Å²) in [6.07, 6.45) is 0. The topological polar surface area (TPSA) is 96.0 Å². The second-order valence-electron chi connectivity index (χ2n) is 8.82. The normalized spacial score (nSPS) is 11.9. The lowest BCUT2D eigenvalue weighted by atomic mass is 10.1. The van der Waals surface area contributed by atoms with Gasteiger partial charge in [0.25, 0.3) is 10.0 Å². The number of aryl methyl sites for hydroxylation is 1. The summed E-state index contributed by atoms with van der Waals surface area (Å²) in [6, 6.07) is 16.8.